The number of benzene rings is 1. The normalized spacial score (nSPS) is 17.9. The second kappa shape index (κ2) is 5.01. The zero-order valence-electron chi connectivity index (χ0n) is 10.1. The third-order valence-corrected chi connectivity index (χ3v) is 3.54. The van der Waals surface area contributed by atoms with E-state index >= 15 is 0 Å². The topological polar surface area (TPSA) is 54.0 Å². The van der Waals surface area contributed by atoms with Crippen LogP contribution in [-0.4, -0.2) is 17.4 Å². The van der Waals surface area contributed by atoms with Crippen LogP contribution in [-0.2, 0) is 4.79 Å². The molecule has 0 bridgehead atoms. The van der Waals surface area contributed by atoms with Gasteiger partial charge in [0.25, 0.3) is 0 Å². The average Bonchev–Trinajstić information content (AvgIpc) is 2.57. The minimum absolute atomic E-state index is 0.0163. The Morgan fingerprint density at radius 1 is 1.26 bits per heavy atom. The van der Waals surface area contributed by atoms with Crippen molar-refractivity contribution in [3.8, 4) is 0 Å². The van der Waals surface area contributed by atoms with Crippen molar-refractivity contribution in [1.82, 2.24) is 4.98 Å². The fourth-order valence-corrected chi connectivity index (χ4v) is 2.47. The van der Waals surface area contributed by atoms with Gasteiger partial charge in [0.05, 0.1) is 11.6 Å². The Bertz CT molecular complexity index is 615. The molecule has 1 atom stereocenters. The molecule has 5 heteroatoms. The molecule has 1 aliphatic heterocycles. The van der Waals surface area contributed by atoms with Gasteiger partial charge in [0.2, 0.25) is 5.91 Å². The molecule has 0 spiro atoms. The van der Waals surface area contributed by atoms with Gasteiger partial charge in [0.15, 0.2) is 0 Å². The molecule has 0 fully saturated rings. The lowest BCUT2D eigenvalue weighted by molar-refractivity contribution is -0.117. The molecular formula is C14H12BrN3O. The summed E-state index contributed by atoms with van der Waals surface area (Å²) in [5.41, 5.74) is 1.71. The van der Waals surface area contributed by atoms with E-state index in [1.165, 1.54) is 0 Å². The summed E-state index contributed by atoms with van der Waals surface area (Å²) in [7, 11) is 0. The van der Waals surface area contributed by atoms with E-state index in [9.17, 15) is 4.79 Å². The Hall–Kier alpha value is -1.88. The first kappa shape index (κ1) is 12.2. The molecule has 2 N–H and O–H groups in total. The molecule has 96 valence electrons. The molecule has 0 saturated carbocycles. The van der Waals surface area contributed by atoms with Crippen LogP contribution >= 0.6 is 15.9 Å². The predicted octanol–water partition coefficient (Wildman–Crippen LogP) is 2.99. The summed E-state index contributed by atoms with van der Waals surface area (Å²) < 4.78 is 0.839. The van der Waals surface area contributed by atoms with Gasteiger partial charge in [0.1, 0.15) is 5.82 Å². The van der Waals surface area contributed by atoms with Crippen LogP contribution in [0.5, 0.6) is 0 Å². The van der Waals surface area contributed by atoms with Gasteiger partial charge in [-0.3, -0.25) is 4.79 Å². The number of anilines is 2. The van der Waals surface area contributed by atoms with Crippen LogP contribution in [0.25, 0.3) is 0 Å². The number of fused-ring (bicyclic) bond motifs is 1. The summed E-state index contributed by atoms with van der Waals surface area (Å²) >= 11 is 3.35. The maximum absolute atomic E-state index is 12.3. The number of hydrogen-bond acceptors (Lipinski definition) is 3. The van der Waals surface area contributed by atoms with E-state index in [1.807, 2.05) is 36.4 Å². The summed E-state index contributed by atoms with van der Waals surface area (Å²) in [6.07, 6.45) is 1.71. The Kier molecular flexibility index (Phi) is 3.21. The lowest BCUT2D eigenvalue weighted by atomic mass is 9.98. The molecule has 4 nitrogen and oxygen atoms in total. The van der Waals surface area contributed by atoms with Gasteiger partial charge in [-0.1, -0.05) is 30.3 Å². The summed E-state index contributed by atoms with van der Waals surface area (Å²) in [5.74, 6) is 0.474. The molecule has 3 rings (SSSR count). The van der Waals surface area contributed by atoms with E-state index in [1.54, 1.807) is 6.20 Å². The first-order valence-corrected chi connectivity index (χ1v) is 6.78. The van der Waals surface area contributed by atoms with Gasteiger partial charge in [0, 0.05) is 17.2 Å². The smallest absolute Gasteiger partial charge is 0.233 e. The Labute approximate surface area is 119 Å². The van der Waals surface area contributed by atoms with E-state index in [0.29, 0.717) is 18.1 Å². The van der Waals surface area contributed by atoms with Crippen molar-refractivity contribution in [2.45, 2.75) is 5.92 Å². The van der Waals surface area contributed by atoms with Gasteiger partial charge in [-0.15, -0.1) is 0 Å². The third kappa shape index (κ3) is 2.46. The van der Waals surface area contributed by atoms with Crippen molar-refractivity contribution < 1.29 is 4.79 Å². The molecule has 1 unspecified atom stereocenters. The summed E-state index contributed by atoms with van der Waals surface area (Å²) in [6, 6.07) is 11.6. The van der Waals surface area contributed by atoms with Crippen LogP contribution < -0.4 is 10.6 Å². The number of pyridine rings is 1. The number of rotatable bonds is 1. The van der Waals surface area contributed by atoms with E-state index < -0.39 is 0 Å². The molecule has 2 heterocycles. The summed E-state index contributed by atoms with van der Waals surface area (Å²) in [4.78, 5) is 16.6. The van der Waals surface area contributed by atoms with Gasteiger partial charge >= 0.3 is 0 Å². The van der Waals surface area contributed by atoms with Crippen LogP contribution in [0.2, 0.25) is 0 Å². The van der Waals surface area contributed by atoms with Crippen LogP contribution in [0.1, 0.15) is 11.5 Å². The molecule has 1 aromatic carbocycles. The molecule has 0 saturated heterocycles. The first-order valence-electron chi connectivity index (χ1n) is 5.99. The van der Waals surface area contributed by atoms with Crippen LogP contribution in [0.3, 0.4) is 0 Å². The highest BCUT2D eigenvalue weighted by atomic mass is 79.9. The molecule has 1 aliphatic rings. The van der Waals surface area contributed by atoms with Crippen LogP contribution in [0.4, 0.5) is 11.5 Å². The maximum Gasteiger partial charge on any atom is 0.233 e. The molecule has 19 heavy (non-hydrogen) atoms. The lowest BCUT2D eigenvalue weighted by Crippen LogP contribution is -2.23. The van der Waals surface area contributed by atoms with Crippen molar-refractivity contribution >= 4 is 33.3 Å². The van der Waals surface area contributed by atoms with Gasteiger partial charge < -0.3 is 10.6 Å². The number of halogens is 1. The fourth-order valence-electron chi connectivity index (χ4n) is 2.14. The minimum atomic E-state index is -0.214. The molecule has 0 aliphatic carbocycles. The summed E-state index contributed by atoms with van der Waals surface area (Å²) in [5, 5.41) is 6.13. The molecule has 1 amide bonds. The zero-order valence-corrected chi connectivity index (χ0v) is 11.6. The van der Waals surface area contributed by atoms with E-state index in [4.69, 9.17) is 0 Å². The molecular weight excluding hydrogens is 306 g/mol. The number of nitrogens with one attached hydrogen (secondary N) is 2. The van der Waals surface area contributed by atoms with Crippen LogP contribution in [0.15, 0.2) is 47.1 Å². The van der Waals surface area contributed by atoms with Gasteiger partial charge in [-0.05, 0) is 27.6 Å². The highest BCUT2D eigenvalue weighted by Crippen LogP contribution is 2.29. The number of carbonyl (C=O) groups is 1. The van der Waals surface area contributed by atoms with Crippen molar-refractivity contribution in [2.75, 3.05) is 17.2 Å². The minimum Gasteiger partial charge on any atom is -0.367 e. The van der Waals surface area contributed by atoms with E-state index in [0.717, 1.165) is 10.0 Å². The number of hydrogen-bond donors (Lipinski definition) is 2. The number of nitrogens with zero attached hydrogens (tertiary/aromatic N) is 1. The number of aromatic nitrogens is 1. The van der Waals surface area contributed by atoms with Crippen molar-refractivity contribution in [1.29, 1.82) is 0 Å². The van der Waals surface area contributed by atoms with Crippen molar-refractivity contribution in [3.63, 3.8) is 0 Å². The van der Waals surface area contributed by atoms with E-state index in [2.05, 4.69) is 31.5 Å². The zero-order chi connectivity index (χ0) is 13.2. The lowest BCUT2D eigenvalue weighted by Gasteiger charge is -2.13. The standard InChI is InChI=1S/C14H12BrN3O/c15-10-6-12-13(16-7-10)17-8-11(14(19)18-12)9-4-2-1-3-5-9/h1-7,11H,8H2,(H,16,17)(H,18,19). The molecule has 2 aromatic rings. The summed E-state index contributed by atoms with van der Waals surface area (Å²) in [6.45, 7) is 0.539. The molecule has 0 radical (unpaired) electrons. The van der Waals surface area contributed by atoms with Gasteiger partial charge in [-0.25, -0.2) is 4.98 Å². The molecule has 1 aromatic heterocycles. The fraction of sp³-hybridized carbons (Fsp3) is 0.143. The predicted molar refractivity (Wildman–Crippen MR) is 78.2 cm³/mol. The highest BCUT2D eigenvalue weighted by molar-refractivity contribution is 9.10. The second-order valence-electron chi connectivity index (χ2n) is 4.38. The SMILES string of the molecule is O=C1Nc2cc(Br)cnc2NCC1c1ccccc1. The number of amides is 1. The monoisotopic (exact) mass is 317 g/mol. The van der Waals surface area contributed by atoms with E-state index in [-0.39, 0.29) is 11.8 Å². The quantitative estimate of drug-likeness (QED) is 0.850. The van der Waals surface area contributed by atoms with Crippen molar-refractivity contribution in [3.05, 3.63) is 52.6 Å². The maximum atomic E-state index is 12.3. The Morgan fingerprint density at radius 3 is 2.84 bits per heavy atom. The van der Waals surface area contributed by atoms with Crippen LogP contribution in [0, 0.1) is 0 Å². The first-order chi connectivity index (χ1) is 9.24. The Balaban J connectivity index is 1.93. The second-order valence-corrected chi connectivity index (χ2v) is 5.30. The highest BCUT2D eigenvalue weighted by Gasteiger charge is 2.25. The average molecular weight is 318 g/mol. The Morgan fingerprint density at radius 2 is 2.05 bits per heavy atom. The van der Waals surface area contributed by atoms with Crippen molar-refractivity contribution in [2.24, 2.45) is 0 Å². The third-order valence-electron chi connectivity index (χ3n) is 3.10. The largest absolute Gasteiger partial charge is 0.367 e. The number of carbonyl (C=O) groups excluding carboxylic acids is 1. The van der Waals surface area contributed by atoms with Gasteiger partial charge in [-0.2, -0.15) is 0 Å².